The number of aryl methyl sites for hydroxylation is 1. The molecule has 3 atom stereocenters. The molecule has 2 amide bonds. The first-order valence-electron chi connectivity index (χ1n) is 10.7. The van der Waals surface area contributed by atoms with Crippen molar-refractivity contribution in [1.29, 1.82) is 0 Å². The van der Waals surface area contributed by atoms with Gasteiger partial charge in [0.25, 0.3) is 17.3 Å². The van der Waals surface area contributed by atoms with Crippen molar-refractivity contribution < 1.29 is 24.3 Å². The molecule has 0 aliphatic carbocycles. The number of hydroxylamine groups is 1. The molecule has 2 aliphatic rings. The molecule has 11 nitrogen and oxygen atoms in total. The summed E-state index contributed by atoms with van der Waals surface area (Å²) < 4.78 is 0. The normalized spacial score (nSPS) is 21.3. The van der Waals surface area contributed by atoms with Crippen LogP contribution in [-0.4, -0.2) is 27.8 Å². The van der Waals surface area contributed by atoms with E-state index in [0.29, 0.717) is 11.3 Å². The minimum absolute atomic E-state index is 0.157. The Hall–Kier alpha value is -4.64. The number of nitro groups is 2. The second-order valence-corrected chi connectivity index (χ2v) is 8.30. The van der Waals surface area contributed by atoms with E-state index in [1.165, 1.54) is 47.5 Å². The Morgan fingerprint density at radius 2 is 1.46 bits per heavy atom. The van der Waals surface area contributed by atoms with E-state index >= 15 is 0 Å². The van der Waals surface area contributed by atoms with E-state index in [9.17, 15) is 29.8 Å². The molecule has 0 spiro atoms. The molecule has 0 unspecified atom stereocenters. The highest BCUT2D eigenvalue weighted by Crippen LogP contribution is 2.48. The number of benzene rings is 3. The molecule has 0 aromatic heterocycles. The zero-order valence-electron chi connectivity index (χ0n) is 18.3. The third kappa shape index (κ3) is 3.67. The van der Waals surface area contributed by atoms with Gasteiger partial charge in [0, 0.05) is 24.3 Å². The van der Waals surface area contributed by atoms with Crippen molar-refractivity contribution in [2.24, 2.45) is 5.92 Å². The number of nitro benzene ring substituents is 2. The van der Waals surface area contributed by atoms with Gasteiger partial charge in [-0.1, -0.05) is 35.9 Å². The Kier molecular flexibility index (Phi) is 5.25. The SMILES string of the molecule is Cc1ccc([C@@H]2[C@H]3C(=O)N(c4ccc([N+](=O)[O-])cc4)C(=O)[C@H]3ON2c2cccc([N+](=O)[O-])c2)cc1. The summed E-state index contributed by atoms with van der Waals surface area (Å²) in [4.78, 5) is 55.0. The Bertz CT molecular complexity index is 1360. The number of amides is 2. The fourth-order valence-corrected chi connectivity index (χ4v) is 4.46. The van der Waals surface area contributed by atoms with Gasteiger partial charge in [-0.05, 0) is 30.7 Å². The van der Waals surface area contributed by atoms with Crippen LogP contribution >= 0.6 is 0 Å². The number of hydrogen-bond donors (Lipinski definition) is 0. The van der Waals surface area contributed by atoms with Crippen LogP contribution in [0.25, 0.3) is 0 Å². The van der Waals surface area contributed by atoms with Crippen LogP contribution in [0.5, 0.6) is 0 Å². The van der Waals surface area contributed by atoms with E-state index in [1.54, 1.807) is 6.07 Å². The molecule has 2 aliphatic heterocycles. The molecule has 5 rings (SSSR count). The summed E-state index contributed by atoms with van der Waals surface area (Å²) in [5, 5.41) is 23.7. The maximum atomic E-state index is 13.6. The van der Waals surface area contributed by atoms with Crippen LogP contribution in [0.15, 0.2) is 72.8 Å². The molecule has 2 heterocycles. The van der Waals surface area contributed by atoms with E-state index in [-0.39, 0.29) is 17.1 Å². The molecule has 11 heteroatoms. The Balaban J connectivity index is 1.56. The van der Waals surface area contributed by atoms with Crippen LogP contribution in [0, 0.1) is 33.1 Å². The first-order chi connectivity index (χ1) is 16.8. The highest BCUT2D eigenvalue weighted by Gasteiger charge is 2.60. The van der Waals surface area contributed by atoms with Gasteiger partial charge in [-0.25, -0.2) is 9.96 Å². The second-order valence-electron chi connectivity index (χ2n) is 8.30. The van der Waals surface area contributed by atoms with E-state index in [4.69, 9.17) is 4.84 Å². The summed E-state index contributed by atoms with van der Waals surface area (Å²) in [6, 6.07) is 17.5. The molecule has 2 fully saturated rings. The molecular formula is C24H18N4O7. The van der Waals surface area contributed by atoms with Crippen LogP contribution in [0.1, 0.15) is 17.2 Å². The van der Waals surface area contributed by atoms with Crippen molar-refractivity contribution in [2.45, 2.75) is 19.1 Å². The van der Waals surface area contributed by atoms with E-state index < -0.39 is 39.7 Å². The minimum Gasteiger partial charge on any atom is -0.273 e. The molecule has 3 aromatic carbocycles. The Labute approximate surface area is 198 Å². The fourth-order valence-electron chi connectivity index (χ4n) is 4.46. The van der Waals surface area contributed by atoms with Gasteiger partial charge in [-0.15, -0.1) is 0 Å². The molecule has 0 radical (unpaired) electrons. The van der Waals surface area contributed by atoms with Gasteiger partial charge >= 0.3 is 0 Å². The number of non-ortho nitro benzene ring substituents is 2. The number of hydrogen-bond acceptors (Lipinski definition) is 8. The van der Waals surface area contributed by atoms with Gasteiger partial charge in [-0.3, -0.25) is 34.7 Å². The average molecular weight is 474 g/mol. The fraction of sp³-hybridized carbons (Fsp3) is 0.167. The molecule has 35 heavy (non-hydrogen) atoms. The number of carbonyl (C=O) groups is 2. The largest absolute Gasteiger partial charge is 0.273 e. The van der Waals surface area contributed by atoms with Crippen molar-refractivity contribution in [3.8, 4) is 0 Å². The van der Waals surface area contributed by atoms with Gasteiger partial charge in [0.1, 0.15) is 5.92 Å². The maximum Gasteiger partial charge on any atom is 0.271 e. The zero-order chi connectivity index (χ0) is 24.9. The monoisotopic (exact) mass is 474 g/mol. The first kappa shape index (κ1) is 22.2. The topological polar surface area (TPSA) is 136 Å². The van der Waals surface area contributed by atoms with Crippen molar-refractivity contribution in [3.63, 3.8) is 0 Å². The highest BCUT2D eigenvalue weighted by molar-refractivity contribution is 6.24. The van der Waals surface area contributed by atoms with Crippen LogP contribution in [0.3, 0.4) is 0 Å². The summed E-state index contributed by atoms with van der Waals surface area (Å²) in [6.45, 7) is 1.91. The van der Waals surface area contributed by atoms with Gasteiger partial charge in [0.2, 0.25) is 5.91 Å². The van der Waals surface area contributed by atoms with Crippen LogP contribution in [-0.2, 0) is 14.4 Å². The summed E-state index contributed by atoms with van der Waals surface area (Å²) >= 11 is 0. The molecule has 0 bridgehead atoms. The third-order valence-corrected chi connectivity index (χ3v) is 6.15. The number of fused-ring (bicyclic) bond motifs is 1. The summed E-state index contributed by atoms with van der Waals surface area (Å²) in [5.41, 5.74) is 1.90. The lowest BCUT2D eigenvalue weighted by molar-refractivity contribution is -0.385. The van der Waals surface area contributed by atoms with Crippen molar-refractivity contribution in [1.82, 2.24) is 0 Å². The lowest BCUT2D eigenvalue weighted by Gasteiger charge is -2.28. The van der Waals surface area contributed by atoms with Crippen LogP contribution in [0.2, 0.25) is 0 Å². The van der Waals surface area contributed by atoms with Gasteiger partial charge in [0.05, 0.1) is 27.3 Å². The predicted molar refractivity (Wildman–Crippen MR) is 123 cm³/mol. The number of imide groups is 1. The van der Waals surface area contributed by atoms with Crippen LogP contribution in [0.4, 0.5) is 22.7 Å². The van der Waals surface area contributed by atoms with Crippen LogP contribution < -0.4 is 9.96 Å². The average Bonchev–Trinajstić information content (AvgIpc) is 3.35. The van der Waals surface area contributed by atoms with Crippen molar-refractivity contribution in [2.75, 3.05) is 9.96 Å². The Morgan fingerprint density at radius 1 is 0.800 bits per heavy atom. The van der Waals surface area contributed by atoms with Gasteiger partial charge in [-0.2, -0.15) is 0 Å². The highest BCUT2D eigenvalue weighted by atomic mass is 16.7. The van der Waals surface area contributed by atoms with Gasteiger partial charge < -0.3 is 0 Å². The molecule has 2 saturated heterocycles. The summed E-state index contributed by atoms with van der Waals surface area (Å²) in [5.74, 6) is -2.06. The Morgan fingerprint density at radius 3 is 2.09 bits per heavy atom. The quantitative estimate of drug-likeness (QED) is 0.309. The number of rotatable bonds is 5. The number of carbonyl (C=O) groups excluding carboxylic acids is 2. The summed E-state index contributed by atoms with van der Waals surface area (Å²) in [6.07, 6.45) is -1.16. The molecule has 0 saturated carbocycles. The third-order valence-electron chi connectivity index (χ3n) is 6.15. The summed E-state index contributed by atoms with van der Waals surface area (Å²) in [7, 11) is 0. The van der Waals surface area contributed by atoms with Gasteiger partial charge in [0.15, 0.2) is 6.10 Å². The zero-order valence-corrected chi connectivity index (χ0v) is 18.3. The molecule has 3 aromatic rings. The predicted octanol–water partition coefficient (Wildman–Crippen LogP) is 3.86. The molecular weight excluding hydrogens is 456 g/mol. The van der Waals surface area contributed by atoms with E-state index in [0.717, 1.165) is 10.5 Å². The molecule has 0 N–H and O–H groups in total. The van der Waals surface area contributed by atoms with Crippen molar-refractivity contribution in [3.05, 3.63) is 104 Å². The smallest absolute Gasteiger partial charge is 0.271 e. The molecule has 176 valence electrons. The number of anilines is 2. The number of nitrogens with zero attached hydrogens (tertiary/aromatic N) is 4. The standard InChI is InChI=1S/C24H18N4O7/c1-14-5-7-15(8-6-14)21-20-22(35-26(21)18-3-2-4-19(13-18)28(33)34)24(30)25(23(20)29)16-9-11-17(12-10-16)27(31)32/h2-13,20-22H,1H3/t20-,21-,22+/m1/s1. The minimum atomic E-state index is -1.16. The van der Waals surface area contributed by atoms with E-state index in [2.05, 4.69) is 0 Å². The van der Waals surface area contributed by atoms with Crippen molar-refractivity contribution >= 4 is 34.6 Å². The van der Waals surface area contributed by atoms with E-state index in [1.807, 2.05) is 31.2 Å². The second kappa shape index (κ2) is 8.29. The lowest BCUT2D eigenvalue weighted by atomic mass is 9.90. The first-order valence-corrected chi connectivity index (χ1v) is 10.7. The maximum absolute atomic E-state index is 13.6. The lowest BCUT2D eigenvalue weighted by Crippen LogP contribution is -2.37.